The number of thiophene rings is 1. The molecule has 2 heterocycles. The van der Waals surface area contributed by atoms with Gasteiger partial charge in [0.1, 0.15) is 10.7 Å². The van der Waals surface area contributed by atoms with Crippen LogP contribution in [-0.4, -0.2) is 9.55 Å². The minimum Gasteiger partial charge on any atom is -0.292 e. The van der Waals surface area contributed by atoms with Crippen molar-refractivity contribution < 1.29 is 0 Å². The average molecular weight is 385 g/mol. The van der Waals surface area contributed by atoms with Gasteiger partial charge in [-0.2, -0.15) is 5.26 Å². The molecule has 4 nitrogen and oxygen atoms in total. The summed E-state index contributed by atoms with van der Waals surface area (Å²) in [6.45, 7) is 6.41. The largest absolute Gasteiger partial charge is 0.292 e. The quantitative estimate of drug-likeness (QED) is 0.500. The SMILES string of the molecule is Cc1ccc(-c2csc3nc(C)n(Cc4cccc(C#N)c4)c(=O)c23)cc1C. The average Bonchev–Trinajstić information content (AvgIpc) is 3.11. The second kappa shape index (κ2) is 7.06. The van der Waals surface area contributed by atoms with Gasteiger partial charge in [0.2, 0.25) is 0 Å². The molecule has 28 heavy (non-hydrogen) atoms. The normalized spacial score (nSPS) is 10.9. The number of fused-ring (bicyclic) bond motifs is 1. The molecule has 0 saturated carbocycles. The molecule has 0 aliphatic heterocycles. The van der Waals surface area contributed by atoms with E-state index in [2.05, 4.69) is 43.1 Å². The van der Waals surface area contributed by atoms with Gasteiger partial charge in [-0.3, -0.25) is 9.36 Å². The van der Waals surface area contributed by atoms with E-state index >= 15 is 0 Å². The van der Waals surface area contributed by atoms with Gasteiger partial charge < -0.3 is 0 Å². The van der Waals surface area contributed by atoms with Crippen molar-refractivity contribution in [2.75, 3.05) is 0 Å². The van der Waals surface area contributed by atoms with Crippen LogP contribution in [0.15, 0.2) is 52.6 Å². The molecule has 0 unspecified atom stereocenters. The van der Waals surface area contributed by atoms with Gasteiger partial charge in [-0.1, -0.05) is 30.3 Å². The van der Waals surface area contributed by atoms with Crippen molar-refractivity contribution in [3.63, 3.8) is 0 Å². The Morgan fingerprint density at radius 3 is 2.68 bits per heavy atom. The monoisotopic (exact) mass is 385 g/mol. The van der Waals surface area contributed by atoms with Crippen LogP contribution in [0.1, 0.15) is 28.1 Å². The van der Waals surface area contributed by atoms with Crippen molar-refractivity contribution in [1.29, 1.82) is 5.26 Å². The fraction of sp³-hybridized carbons (Fsp3) is 0.174. The van der Waals surface area contributed by atoms with Crippen LogP contribution in [0.4, 0.5) is 0 Å². The van der Waals surface area contributed by atoms with Crippen molar-refractivity contribution in [3.8, 4) is 17.2 Å². The molecule has 0 amide bonds. The summed E-state index contributed by atoms with van der Waals surface area (Å²) < 4.78 is 1.69. The zero-order valence-corrected chi connectivity index (χ0v) is 16.8. The lowest BCUT2D eigenvalue weighted by Crippen LogP contribution is -2.24. The smallest absolute Gasteiger partial charge is 0.263 e. The number of nitriles is 1. The molecule has 0 saturated heterocycles. The maximum absolute atomic E-state index is 13.4. The first-order valence-corrected chi connectivity index (χ1v) is 9.91. The van der Waals surface area contributed by atoms with E-state index in [1.807, 2.05) is 30.5 Å². The molecule has 0 atom stereocenters. The number of benzene rings is 2. The van der Waals surface area contributed by atoms with Gasteiger partial charge in [-0.05, 0) is 55.2 Å². The molecule has 0 bridgehead atoms. The highest BCUT2D eigenvalue weighted by atomic mass is 32.1. The third kappa shape index (κ3) is 3.12. The molecule has 138 valence electrons. The molecule has 2 aromatic heterocycles. The lowest BCUT2D eigenvalue weighted by molar-refractivity contribution is 0.714. The molecule has 4 aromatic rings. The minimum atomic E-state index is -0.0423. The van der Waals surface area contributed by atoms with Gasteiger partial charge in [0.05, 0.1) is 23.6 Å². The lowest BCUT2D eigenvalue weighted by atomic mass is 10.0. The van der Waals surface area contributed by atoms with Gasteiger partial charge in [-0.25, -0.2) is 4.98 Å². The Morgan fingerprint density at radius 2 is 1.93 bits per heavy atom. The maximum atomic E-state index is 13.4. The first-order valence-electron chi connectivity index (χ1n) is 9.03. The lowest BCUT2D eigenvalue weighted by Gasteiger charge is -2.11. The van der Waals surface area contributed by atoms with Crippen molar-refractivity contribution in [3.05, 3.63) is 86.3 Å². The van der Waals surface area contributed by atoms with Gasteiger partial charge in [0.15, 0.2) is 0 Å². The van der Waals surface area contributed by atoms with Crippen molar-refractivity contribution in [1.82, 2.24) is 9.55 Å². The number of rotatable bonds is 3. The molecular weight excluding hydrogens is 366 g/mol. The summed E-state index contributed by atoms with van der Waals surface area (Å²) in [5.41, 5.74) is 5.85. The summed E-state index contributed by atoms with van der Waals surface area (Å²) in [7, 11) is 0. The van der Waals surface area contributed by atoms with Gasteiger partial charge in [0, 0.05) is 10.9 Å². The molecular formula is C23H19N3OS. The fourth-order valence-electron chi connectivity index (χ4n) is 3.36. The van der Waals surface area contributed by atoms with Gasteiger partial charge in [0.25, 0.3) is 5.56 Å². The molecule has 4 rings (SSSR count). The second-order valence-corrected chi connectivity index (χ2v) is 7.85. The Morgan fingerprint density at radius 1 is 1.11 bits per heavy atom. The van der Waals surface area contributed by atoms with Crippen LogP contribution < -0.4 is 5.56 Å². The highest BCUT2D eigenvalue weighted by Gasteiger charge is 2.16. The standard InChI is InChI=1S/C23H19N3OS/c1-14-7-8-19(9-15(14)2)20-13-28-22-21(20)23(27)26(16(3)25-22)12-18-6-4-5-17(10-18)11-24/h4-10,13H,12H2,1-3H3. The number of hydrogen-bond acceptors (Lipinski definition) is 4. The zero-order chi connectivity index (χ0) is 19.8. The Kier molecular flexibility index (Phi) is 4.58. The van der Waals surface area contributed by atoms with Crippen LogP contribution in [0.25, 0.3) is 21.3 Å². The van der Waals surface area contributed by atoms with E-state index in [9.17, 15) is 4.79 Å². The van der Waals surface area contributed by atoms with Gasteiger partial charge >= 0.3 is 0 Å². The van der Waals surface area contributed by atoms with Crippen LogP contribution in [0.3, 0.4) is 0 Å². The van der Waals surface area contributed by atoms with E-state index in [1.165, 1.54) is 22.5 Å². The predicted molar refractivity (Wildman–Crippen MR) is 114 cm³/mol. The number of aromatic nitrogens is 2. The van der Waals surface area contributed by atoms with Crippen LogP contribution in [0.2, 0.25) is 0 Å². The van der Waals surface area contributed by atoms with Crippen LogP contribution in [-0.2, 0) is 6.54 Å². The first kappa shape index (κ1) is 18.1. The van der Waals surface area contributed by atoms with Gasteiger partial charge in [-0.15, -0.1) is 11.3 Å². The summed E-state index contributed by atoms with van der Waals surface area (Å²) in [6, 6.07) is 15.8. The fourth-order valence-corrected chi connectivity index (χ4v) is 4.34. The second-order valence-electron chi connectivity index (χ2n) is 6.99. The molecule has 0 aliphatic rings. The van der Waals surface area contributed by atoms with Crippen molar-refractivity contribution in [2.24, 2.45) is 0 Å². The summed E-state index contributed by atoms with van der Waals surface area (Å²) in [5, 5.41) is 11.8. The third-order valence-corrected chi connectivity index (χ3v) is 5.97. The van der Waals surface area contributed by atoms with Crippen LogP contribution >= 0.6 is 11.3 Å². The predicted octanol–water partition coefficient (Wildman–Crippen LogP) is 4.97. The van der Waals surface area contributed by atoms with E-state index in [1.54, 1.807) is 10.6 Å². The number of nitrogens with zero attached hydrogens (tertiary/aromatic N) is 3. The topological polar surface area (TPSA) is 58.7 Å². The molecule has 0 N–H and O–H groups in total. The van der Waals surface area contributed by atoms with E-state index in [0.717, 1.165) is 21.5 Å². The number of aryl methyl sites for hydroxylation is 3. The number of hydrogen-bond donors (Lipinski definition) is 0. The molecule has 0 fully saturated rings. The van der Waals surface area contributed by atoms with E-state index < -0.39 is 0 Å². The Bertz CT molecular complexity index is 1310. The highest BCUT2D eigenvalue weighted by molar-refractivity contribution is 7.17. The molecule has 5 heteroatoms. The highest BCUT2D eigenvalue weighted by Crippen LogP contribution is 2.32. The summed E-state index contributed by atoms with van der Waals surface area (Å²) >= 11 is 1.50. The Hall–Kier alpha value is -3.23. The molecule has 0 radical (unpaired) electrons. The summed E-state index contributed by atoms with van der Waals surface area (Å²) in [4.78, 5) is 18.8. The minimum absolute atomic E-state index is 0.0423. The molecule has 0 aliphatic carbocycles. The van der Waals surface area contributed by atoms with E-state index in [-0.39, 0.29) is 5.56 Å². The van der Waals surface area contributed by atoms with Crippen molar-refractivity contribution in [2.45, 2.75) is 27.3 Å². The third-order valence-electron chi connectivity index (χ3n) is 5.10. The molecule has 2 aromatic carbocycles. The zero-order valence-electron chi connectivity index (χ0n) is 16.0. The van der Waals surface area contributed by atoms with Crippen LogP contribution in [0.5, 0.6) is 0 Å². The summed E-state index contributed by atoms with van der Waals surface area (Å²) in [6.07, 6.45) is 0. The Balaban J connectivity index is 1.88. The van der Waals surface area contributed by atoms with Crippen molar-refractivity contribution >= 4 is 21.6 Å². The van der Waals surface area contributed by atoms with Crippen LogP contribution in [0, 0.1) is 32.1 Å². The van der Waals surface area contributed by atoms with E-state index in [0.29, 0.717) is 23.3 Å². The first-order chi connectivity index (χ1) is 13.5. The molecule has 0 spiro atoms. The summed E-state index contributed by atoms with van der Waals surface area (Å²) in [5.74, 6) is 0.674. The maximum Gasteiger partial charge on any atom is 0.263 e. The van der Waals surface area contributed by atoms with E-state index in [4.69, 9.17) is 5.26 Å². The Labute approximate surface area is 167 Å².